The zero-order valence-corrected chi connectivity index (χ0v) is 13.1. The lowest BCUT2D eigenvalue weighted by Gasteiger charge is -2.26. The van der Waals surface area contributed by atoms with E-state index >= 15 is 0 Å². The highest BCUT2D eigenvalue weighted by Gasteiger charge is 2.24. The van der Waals surface area contributed by atoms with Gasteiger partial charge in [-0.2, -0.15) is 5.26 Å². The van der Waals surface area contributed by atoms with E-state index in [0.717, 1.165) is 0 Å². The van der Waals surface area contributed by atoms with Crippen LogP contribution < -0.4 is 10.5 Å². The molecule has 1 aromatic carbocycles. The van der Waals surface area contributed by atoms with Crippen molar-refractivity contribution in [3.05, 3.63) is 28.8 Å². The van der Waals surface area contributed by atoms with Gasteiger partial charge in [-0.1, -0.05) is 25.4 Å². The molecule has 0 bridgehead atoms. The van der Waals surface area contributed by atoms with Crippen molar-refractivity contribution in [1.29, 1.82) is 5.26 Å². The second kappa shape index (κ2) is 6.55. The largest absolute Gasteiger partial charge is 0.324 e. The maximum absolute atomic E-state index is 12.2. The van der Waals surface area contributed by atoms with Gasteiger partial charge in [-0.3, -0.25) is 0 Å². The van der Waals surface area contributed by atoms with Crippen molar-refractivity contribution in [2.24, 2.45) is 5.73 Å². The molecule has 0 saturated carbocycles. The van der Waals surface area contributed by atoms with Crippen molar-refractivity contribution in [3.63, 3.8) is 0 Å². The standard InChI is InChI=1S/C13H18ClN3O2S/c1-3-13(16,4-2)9-17-20(18,19)11-6-5-10(8-15)12(14)7-11/h5-7,17H,3-4,9,16H2,1-2H3. The molecule has 0 heterocycles. The van der Waals surface area contributed by atoms with Crippen LogP contribution in [0.3, 0.4) is 0 Å². The van der Waals surface area contributed by atoms with Crippen LogP contribution in [0.15, 0.2) is 23.1 Å². The fourth-order valence-corrected chi connectivity index (χ4v) is 3.03. The molecule has 0 radical (unpaired) electrons. The molecule has 0 aromatic heterocycles. The van der Waals surface area contributed by atoms with Crippen molar-refractivity contribution >= 4 is 21.6 Å². The fourth-order valence-electron chi connectivity index (χ4n) is 1.58. The Balaban J connectivity index is 2.95. The van der Waals surface area contributed by atoms with Crippen molar-refractivity contribution < 1.29 is 8.42 Å². The average Bonchev–Trinajstić information content (AvgIpc) is 2.44. The summed E-state index contributed by atoms with van der Waals surface area (Å²) in [6, 6.07) is 5.87. The topological polar surface area (TPSA) is 96.0 Å². The van der Waals surface area contributed by atoms with Gasteiger partial charge in [0, 0.05) is 12.1 Å². The molecule has 0 unspecified atom stereocenters. The molecule has 0 aliphatic carbocycles. The Kier molecular flexibility index (Phi) is 5.54. The molecule has 1 rings (SSSR count). The van der Waals surface area contributed by atoms with Crippen LogP contribution in [0.25, 0.3) is 0 Å². The second-order valence-corrected chi connectivity index (χ2v) is 6.82. The first-order valence-electron chi connectivity index (χ1n) is 6.26. The number of halogens is 1. The summed E-state index contributed by atoms with van der Waals surface area (Å²) in [7, 11) is -3.68. The first-order valence-corrected chi connectivity index (χ1v) is 8.12. The van der Waals surface area contributed by atoms with Gasteiger partial charge in [0.25, 0.3) is 0 Å². The Morgan fingerprint density at radius 2 is 2.00 bits per heavy atom. The lowest BCUT2D eigenvalue weighted by atomic mass is 9.95. The third-order valence-corrected chi connectivity index (χ3v) is 5.11. The summed E-state index contributed by atoms with van der Waals surface area (Å²) in [5.74, 6) is 0. The normalized spacial score (nSPS) is 12.2. The van der Waals surface area contributed by atoms with E-state index in [1.165, 1.54) is 18.2 Å². The molecule has 1 aromatic rings. The highest BCUT2D eigenvalue weighted by Crippen LogP contribution is 2.20. The number of hydrogen-bond donors (Lipinski definition) is 2. The molecule has 5 nitrogen and oxygen atoms in total. The van der Waals surface area contributed by atoms with E-state index in [0.29, 0.717) is 12.8 Å². The van der Waals surface area contributed by atoms with Gasteiger partial charge in [0.15, 0.2) is 0 Å². The maximum atomic E-state index is 12.2. The minimum absolute atomic E-state index is 0.0241. The highest BCUT2D eigenvalue weighted by atomic mass is 35.5. The summed E-state index contributed by atoms with van der Waals surface area (Å²) < 4.78 is 26.8. The van der Waals surface area contributed by atoms with E-state index in [1.54, 1.807) is 0 Å². The van der Waals surface area contributed by atoms with Crippen LogP contribution in [-0.4, -0.2) is 20.5 Å². The van der Waals surface area contributed by atoms with E-state index < -0.39 is 15.6 Å². The van der Waals surface area contributed by atoms with Crippen molar-refractivity contribution in [3.8, 4) is 6.07 Å². The average molecular weight is 316 g/mol. The summed E-state index contributed by atoms with van der Waals surface area (Å²) in [5, 5.41) is 8.88. The van der Waals surface area contributed by atoms with Gasteiger partial charge in [0.05, 0.1) is 15.5 Å². The number of hydrogen-bond acceptors (Lipinski definition) is 4. The van der Waals surface area contributed by atoms with E-state index in [4.69, 9.17) is 22.6 Å². The second-order valence-electron chi connectivity index (χ2n) is 4.65. The van der Waals surface area contributed by atoms with Crippen molar-refractivity contribution in [2.75, 3.05) is 6.54 Å². The van der Waals surface area contributed by atoms with E-state index in [9.17, 15) is 8.42 Å². The molecule has 0 spiro atoms. The Hall–Kier alpha value is -1.13. The van der Waals surface area contributed by atoms with Crippen LogP contribution in [0.5, 0.6) is 0 Å². The van der Waals surface area contributed by atoms with E-state index in [1.807, 2.05) is 19.9 Å². The zero-order valence-electron chi connectivity index (χ0n) is 11.5. The van der Waals surface area contributed by atoms with Gasteiger partial charge in [0.2, 0.25) is 10.0 Å². The number of sulfonamides is 1. The minimum atomic E-state index is -3.68. The van der Waals surface area contributed by atoms with E-state index in [-0.39, 0.29) is 22.0 Å². The van der Waals surface area contributed by atoms with Crippen LogP contribution in [0.1, 0.15) is 32.3 Å². The summed E-state index contributed by atoms with van der Waals surface area (Å²) in [5.41, 5.74) is 5.73. The number of rotatable bonds is 6. The molecule has 20 heavy (non-hydrogen) atoms. The van der Waals surface area contributed by atoms with Crippen LogP contribution in [0, 0.1) is 11.3 Å². The minimum Gasteiger partial charge on any atom is -0.324 e. The lowest BCUT2D eigenvalue weighted by Crippen LogP contribution is -2.49. The SMILES string of the molecule is CCC(N)(CC)CNS(=O)(=O)c1ccc(C#N)c(Cl)c1. The number of nitrogens with zero attached hydrogens (tertiary/aromatic N) is 1. The molecule has 0 atom stereocenters. The number of nitrogens with one attached hydrogen (secondary N) is 1. The van der Waals surface area contributed by atoms with Gasteiger partial charge in [-0.05, 0) is 31.0 Å². The monoisotopic (exact) mass is 315 g/mol. The van der Waals surface area contributed by atoms with Crippen LogP contribution in [0.2, 0.25) is 5.02 Å². The molecular weight excluding hydrogens is 298 g/mol. The molecule has 0 aliphatic heterocycles. The molecule has 0 fully saturated rings. The summed E-state index contributed by atoms with van der Waals surface area (Å²) >= 11 is 5.84. The maximum Gasteiger partial charge on any atom is 0.240 e. The molecule has 0 saturated heterocycles. The van der Waals surface area contributed by atoms with Crippen LogP contribution in [0.4, 0.5) is 0 Å². The molecule has 0 aliphatic rings. The predicted molar refractivity (Wildman–Crippen MR) is 78.9 cm³/mol. The van der Waals surface area contributed by atoms with E-state index in [2.05, 4.69) is 4.72 Å². The molecule has 3 N–H and O–H groups in total. The zero-order chi connectivity index (χ0) is 15.4. The molecular formula is C13H18ClN3O2S. The van der Waals surface area contributed by atoms with Gasteiger partial charge >= 0.3 is 0 Å². The Bertz CT molecular complexity index is 619. The van der Waals surface area contributed by atoms with Gasteiger partial charge < -0.3 is 5.73 Å². The van der Waals surface area contributed by atoms with Crippen LogP contribution >= 0.6 is 11.6 Å². The highest BCUT2D eigenvalue weighted by molar-refractivity contribution is 7.89. The Labute approximate surface area is 124 Å². The first kappa shape index (κ1) is 16.9. The number of benzene rings is 1. The summed E-state index contributed by atoms with van der Waals surface area (Å²) in [6.07, 6.45) is 1.33. The molecule has 110 valence electrons. The number of nitriles is 1. The van der Waals surface area contributed by atoms with Gasteiger partial charge in [-0.15, -0.1) is 0 Å². The smallest absolute Gasteiger partial charge is 0.240 e. The first-order chi connectivity index (χ1) is 9.28. The quantitative estimate of drug-likeness (QED) is 0.839. The van der Waals surface area contributed by atoms with Crippen LogP contribution in [-0.2, 0) is 10.0 Å². The third-order valence-electron chi connectivity index (χ3n) is 3.39. The predicted octanol–water partition coefficient (Wildman–Crippen LogP) is 2.01. The third kappa shape index (κ3) is 3.93. The summed E-state index contributed by atoms with van der Waals surface area (Å²) in [6.45, 7) is 3.98. The Morgan fingerprint density at radius 3 is 2.45 bits per heavy atom. The van der Waals surface area contributed by atoms with Gasteiger partial charge in [0.1, 0.15) is 6.07 Å². The van der Waals surface area contributed by atoms with Crippen molar-refractivity contribution in [1.82, 2.24) is 4.72 Å². The lowest BCUT2D eigenvalue weighted by molar-refractivity contribution is 0.392. The molecule has 0 amide bonds. The number of nitrogens with two attached hydrogens (primary N) is 1. The van der Waals surface area contributed by atoms with Gasteiger partial charge in [-0.25, -0.2) is 13.1 Å². The van der Waals surface area contributed by atoms with Crippen molar-refractivity contribution in [2.45, 2.75) is 37.1 Å². The Morgan fingerprint density at radius 1 is 1.40 bits per heavy atom. The molecule has 7 heteroatoms. The fraction of sp³-hybridized carbons (Fsp3) is 0.462. The summed E-state index contributed by atoms with van der Waals surface area (Å²) in [4.78, 5) is 0.0241.